The van der Waals surface area contributed by atoms with Crippen LogP contribution in [0.5, 0.6) is 0 Å². The normalized spacial score (nSPS) is 21.1. The van der Waals surface area contributed by atoms with Crippen molar-refractivity contribution in [3.8, 4) is 11.1 Å². The zero-order valence-corrected chi connectivity index (χ0v) is 17.2. The Balaban J connectivity index is 1.27. The number of carbonyl (C=O) groups is 2. The molecule has 1 aliphatic carbocycles. The van der Waals surface area contributed by atoms with Gasteiger partial charge in [-0.2, -0.15) is 0 Å². The van der Waals surface area contributed by atoms with Crippen LogP contribution in [0.15, 0.2) is 71.6 Å². The minimum atomic E-state index is -0.922. The molecule has 1 saturated carbocycles. The lowest BCUT2D eigenvalue weighted by molar-refractivity contribution is -0.138. The second kappa shape index (κ2) is 7.74. The number of halogens is 1. The minimum absolute atomic E-state index is 0.146. The van der Waals surface area contributed by atoms with E-state index < -0.39 is 17.8 Å². The molecule has 7 heteroatoms. The minimum Gasteiger partial charge on any atom is -0.481 e. The average molecular weight is 434 g/mol. The van der Waals surface area contributed by atoms with E-state index in [2.05, 4.69) is 10.6 Å². The Bertz CT molecular complexity index is 1160. The van der Waals surface area contributed by atoms with Crippen molar-refractivity contribution in [2.75, 3.05) is 10.6 Å². The van der Waals surface area contributed by atoms with Crippen molar-refractivity contribution in [2.24, 2.45) is 11.8 Å². The third-order valence-electron chi connectivity index (χ3n) is 5.62. The summed E-state index contributed by atoms with van der Waals surface area (Å²) in [7, 11) is 0. The second-order valence-electron chi connectivity index (χ2n) is 7.71. The number of carbonyl (C=O) groups excluding carboxylic acids is 1. The summed E-state index contributed by atoms with van der Waals surface area (Å²) in [5.41, 5.74) is 3.25. The summed E-state index contributed by atoms with van der Waals surface area (Å²) in [6.45, 7) is 0. The number of anilines is 2. The van der Waals surface area contributed by atoms with Crippen molar-refractivity contribution in [1.82, 2.24) is 0 Å². The van der Waals surface area contributed by atoms with Gasteiger partial charge in [-0.3, -0.25) is 9.59 Å². The van der Waals surface area contributed by atoms with E-state index in [1.54, 1.807) is 42.1 Å². The Labute approximate surface area is 182 Å². The third kappa shape index (κ3) is 3.88. The predicted molar refractivity (Wildman–Crippen MR) is 119 cm³/mol. The molecule has 0 amide bonds. The number of thioether (sulfide) groups is 1. The molecule has 0 bridgehead atoms. The van der Waals surface area contributed by atoms with Gasteiger partial charge in [-0.1, -0.05) is 54.2 Å². The van der Waals surface area contributed by atoms with Crippen LogP contribution in [0.25, 0.3) is 11.1 Å². The molecule has 1 aliphatic heterocycles. The van der Waals surface area contributed by atoms with Crippen molar-refractivity contribution in [3.63, 3.8) is 0 Å². The number of aliphatic carboxylic acids is 1. The number of hydrogen-bond donors (Lipinski definition) is 3. The van der Waals surface area contributed by atoms with Crippen LogP contribution in [-0.2, 0) is 4.79 Å². The predicted octanol–water partition coefficient (Wildman–Crippen LogP) is 5.31. The van der Waals surface area contributed by atoms with Gasteiger partial charge in [0.1, 0.15) is 5.82 Å². The number of ketones is 1. The number of rotatable bonds is 6. The third-order valence-corrected chi connectivity index (χ3v) is 6.70. The van der Waals surface area contributed by atoms with E-state index in [1.807, 2.05) is 30.3 Å². The number of carboxylic acid groups (broad SMARTS) is 1. The topological polar surface area (TPSA) is 78.4 Å². The molecule has 0 saturated heterocycles. The van der Waals surface area contributed by atoms with Gasteiger partial charge in [-0.25, -0.2) is 4.39 Å². The van der Waals surface area contributed by atoms with Gasteiger partial charge < -0.3 is 15.7 Å². The highest BCUT2D eigenvalue weighted by atomic mass is 32.2. The molecule has 1 fully saturated rings. The molecule has 5 nitrogen and oxygen atoms in total. The van der Waals surface area contributed by atoms with E-state index in [1.165, 1.54) is 6.07 Å². The van der Waals surface area contributed by atoms with E-state index >= 15 is 0 Å². The Hall–Kier alpha value is -3.32. The molecule has 0 radical (unpaired) electrons. The van der Waals surface area contributed by atoms with E-state index in [9.17, 15) is 14.0 Å². The van der Waals surface area contributed by atoms with Crippen LogP contribution in [0.3, 0.4) is 0 Å². The van der Waals surface area contributed by atoms with Crippen molar-refractivity contribution < 1.29 is 19.1 Å². The SMILES string of the molecule is O=C(O)[C@@H]1C[C@H]1C(=O)c1ccc(-c2ccc(NC3Nc4ccccc4S3)c(F)c2)cc1. The van der Waals surface area contributed by atoms with Gasteiger partial charge in [-0.15, -0.1) is 0 Å². The molecule has 5 rings (SSSR count). The molecule has 3 N–H and O–H groups in total. The summed E-state index contributed by atoms with van der Waals surface area (Å²) in [6, 6.07) is 19.8. The number of carboxylic acids is 1. The van der Waals surface area contributed by atoms with Crippen molar-refractivity contribution in [2.45, 2.75) is 16.8 Å². The zero-order valence-electron chi connectivity index (χ0n) is 16.3. The fraction of sp³-hybridized carbons (Fsp3) is 0.167. The number of Topliss-reactive ketones (excluding diaryl/α,β-unsaturated/α-hetero) is 1. The van der Waals surface area contributed by atoms with E-state index in [0.717, 1.165) is 16.1 Å². The maximum atomic E-state index is 14.7. The number of para-hydroxylation sites is 1. The highest BCUT2D eigenvalue weighted by Crippen LogP contribution is 2.41. The van der Waals surface area contributed by atoms with Crippen molar-refractivity contribution >= 4 is 34.9 Å². The fourth-order valence-electron chi connectivity index (χ4n) is 3.80. The maximum absolute atomic E-state index is 14.7. The molecule has 0 spiro atoms. The first-order valence-electron chi connectivity index (χ1n) is 9.95. The Morgan fingerprint density at radius 2 is 1.74 bits per heavy atom. The molecule has 0 aromatic heterocycles. The zero-order chi connectivity index (χ0) is 21.5. The van der Waals surface area contributed by atoms with Gasteiger partial charge in [0, 0.05) is 16.4 Å². The van der Waals surface area contributed by atoms with Crippen LogP contribution in [0, 0.1) is 17.7 Å². The van der Waals surface area contributed by atoms with Gasteiger partial charge in [0.05, 0.1) is 17.3 Å². The monoisotopic (exact) mass is 434 g/mol. The highest BCUT2D eigenvalue weighted by Gasteiger charge is 2.48. The molecule has 1 unspecified atom stereocenters. The molecule has 1 heterocycles. The van der Waals surface area contributed by atoms with Crippen LogP contribution >= 0.6 is 11.8 Å². The summed E-state index contributed by atoms with van der Waals surface area (Å²) in [5, 5.41) is 15.5. The largest absolute Gasteiger partial charge is 0.481 e. The first-order chi connectivity index (χ1) is 15.0. The molecule has 2 aliphatic rings. The number of hydrogen-bond acceptors (Lipinski definition) is 5. The standard InChI is InChI=1S/C24H19FN2O3S/c25-18-11-15(9-10-19(18)26-24-27-20-3-1-2-4-21(20)31-24)13-5-7-14(8-6-13)22(28)16-12-17(16)23(29)30/h1-11,16-17,24,26-27H,12H2,(H,29,30)/t16-,17-,24?/m1/s1. The lowest BCUT2D eigenvalue weighted by atomic mass is 10.00. The summed E-state index contributed by atoms with van der Waals surface area (Å²) in [5.74, 6) is -2.43. The summed E-state index contributed by atoms with van der Waals surface area (Å²) in [4.78, 5) is 24.5. The quantitative estimate of drug-likeness (QED) is 0.457. The Kier molecular flexibility index (Phi) is 4.90. The maximum Gasteiger partial charge on any atom is 0.307 e. The van der Waals surface area contributed by atoms with Gasteiger partial charge in [0.15, 0.2) is 11.3 Å². The molecular formula is C24H19FN2O3S. The summed E-state index contributed by atoms with van der Waals surface area (Å²) in [6.07, 6.45) is 0.398. The molecule has 31 heavy (non-hydrogen) atoms. The molecule has 3 atom stereocenters. The van der Waals surface area contributed by atoms with Crippen LogP contribution < -0.4 is 10.6 Å². The number of benzene rings is 3. The van der Waals surface area contributed by atoms with Crippen LogP contribution in [0.2, 0.25) is 0 Å². The molecular weight excluding hydrogens is 415 g/mol. The Morgan fingerprint density at radius 3 is 2.42 bits per heavy atom. The number of nitrogens with one attached hydrogen (secondary N) is 2. The van der Waals surface area contributed by atoms with Crippen LogP contribution in [0.4, 0.5) is 15.8 Å². The van der Waals surface area contributed by atoms with Crippen molar-refractivity contribution in [3.05, 3.63) is 78.1 Å². The van der Waals surface area contributed by atoms with Crippen molar-refractivity contribution in [1.29, 1.82) is 0 Å². The van der Waals surface area contributed by atoms with Gasteiger partial charge in [0.2, 0.25) is 0 Å². The summed E-state index contributed by atoms with van der Waals surface area (Å²) >= 11 is 1.60. The van der Waals surface area contributed by atoms with E-state index in [4.69, 9.17) is 5.11 Å². The summed E-state index contributed by atoms with van der Waals surface area (Å²) < 4.78 is 14.7. The lowest BCUT2D eigenvalue weighted by Gasteiger charge is -2.15. The van der Waals surface area contributed by atoms with Crippen LogP contribution in [-0.4, -0.2) is 22.4 Å². The molecule has 156 valence electrons. The number of fused-ring (bicyclic) bond motifs is 1. The smallest absolute Gasteiger partial charge is 0.307 e. The fourth-order valence-corrected chi connectivity index (χ4v) is 4.84. The lowest BCUT2D eigenvalue weighted by Crippen LogP contribution is -2.21. The van der Waals surface area contributed by atoms with Gasteiger partial charge in [0.25, 0.3) is 0 Å². The highest BCUT2D eigenvalue weighted by molar-refractivity contribution is 8.00. The van der Waals surface area contributed by atoms with Crippen LogP contribution in [0.1, 0.15) is 16.8 Å². The first kappa shape index (κ1) is 19.6. The average Bonchev–Trinajstić information content (AvgIpc) is 3.48. The van der Waals surface area contributed by atoms with E-state index in [0.29, 0.717) is 23.2 Å². The first-order valence-corrected chi connectivity index (χ1v) is 10.8. The second-order valence-corrected chi connectivity index (χ2v) is 8.85. The van der Waals surface area contributed by atoms with Gasteiger partial charge in [-0.05, 0) is 41.8 Å². The molecule has 3 aromatic carbocycles. The Morgan fingerprint density at radius 1 is 1.00 bits per heavy atom. The van der Waals surface area contributed by atoms with Gasteiger partial charge >= 0.3 is 5.97 Å². The van der Waals surface area contributed by atoms with E-state index in [-0.39, 0.29) is 17.1 Å². The molecule has 3 aromatic rings.